The molecule has 10 heteroatoms. The summed E-state index contributed by atoms with van der Waals surface area (Å²) in [5, 5.41) is 4.10. The maximum Gasteiger partial charge on any atom is 0.435 e. The van der Waals surface area contributed by atoms with E-state index in [2.05, 4.69) is 5.16 Å². The van der Waals surface area contributed by atoms with Gasteiger partial charge in [-0.05, 0) is 35.9 Å². The summed E-state index contributed by atoms with van der Waals surface area (Å²) in [7, 11) is 0. The number of nitrogens with zero attached hydrogens (tertiary/aromatic N) is 1. The van der Waals surface area contributed by atoms with Crippen LogP contribution in [0.15, 0.2) is 59.8 Å². The number of benzene rings is 3. The molecular formula is C23H14ClF6NO2. The van der Waals surface area contributed by atoms with Crippen LogP contribution in [0.2, 0.25) is 5.02 Å². The molecule has 0 unspecified atom stereocenters. The lowest BCUT2D eigenvalue weighted by Crippen LogP contribution is -2.43. The quantitative estimate of drug-likeness (QED) is 0.288. The molecule has 3 nitrogen and oxygen atoms in total. The van der Waals surface area contributed by atoms with E-state index in [4.69, 9.17) is 16.4 Å². The van der Waals surface area contributed by atoms with Gasteiger partial charge in [0.05, 0.1) is 11.3 Å². The highest BCUT2D eigenvalue weighted by Gasteiger charge is 2.62. The Morgan fingerprint density at radius 2 is 1.67 bits per heavy atom. The highest BCUT2D eigenvalue weighted by molar-refractivity contribution is 6.30. The van der Waals surface area contributed by atoms with E-state index in [-0.39, 0.29) is 17.1 Å². The first-order valence-corrected chi connectivity index (χ1v) is 9.94. The van der Waals surface area contributed by atoms with Crippen LogP contribution < -0.4 is 0 Å². The summed E-state index contributed by atoms with van der Waals surface area (Å²) in [6, 6.07) is 11.2. The lowest BCUT2D eigenvalue weighted by molar-refractivity contribution is -0.276. The summed E-state index contributed by atoms with van der Waals surface area (Å²) in [5.41, 5.74) is -4.76. The van der Waals surface area contributed by atoms with Crippen LogP contribution in [-0.4, -0.2) is 17.7 Å². The average Bonchev–Trinajstić information content (AvgIpc) is 3.18. The molecule has 1 aliphatic rings. The molecule has 0 saturated carbocycles. The molecule has 0 amide bonds. The molecule has 1 heterocycles. The first kappa shape index (κ1) is 23.1. The van der Waals surface area contributed by atoms with Crippen molar-refractivity contribution < 1.29 is 36.0 Å². The van der Waals surface area contributed by atoms with E-state index in [1.807, 2.05) is 0 Å². The zero-order valence-electron chi connectivity index (χ0n) is 16.8. The number of carbonyl (C=O) groups is 1. The Hall–Kier alpha value is -3.07. The number of fused-ring (bicyclic) bond motifs is 1. The maximum absolute atomic E-state index is 14.3. The summed E-state index contributed by atoms with van der Waals surface area (Å²) < 4.78 is 82.5. The molecule has 3 aromatic carbocycles. The molecule has 0 aliphatic carbocycles. The van der Waals surface area contributed by atoms with E-state index < -0.39 is 40.5 Å². The number of hydrogen-bond acceptors (Lipinski definition) is 3. The Kier molecular flexibility index (Phi) is 5.43. The minimum absolute atomic E-state index is 0.118. The first-order valence-electron chi connectivity index (χ1n) is 9.56. The molecule has 3 aromatic rings. The second-order valence-corrected chi connectivity index (χ2v) is 8.06. The molecule has 33 heavy (non-hydrogen) atoms. The average molecular weight is 486 g/mol. The lowest BCUT2D eigenvalue weighted by atomic mass is 9.84. The van der Waals surface area contributed by atoms with Crippen molar-refractivity contribution >= 4 is 33.9 Å². The second-order valence-electron chi connectivity index (χ2n) is 7.62. The van der Waals surface area contributed by atoms with Crippen molar-refractivity contribution in [1.82, 2.24) is 0 Å². The van der Waals surface area contributed by atoms with Crippen LogP contribution in [0.5, 0.6) is 0 Å². The van der Waals surface area contributed by atoms with Crippen LogP contribution in [-0.2, 0) is 16.6 Å². The molecule has 4 rings (SSSR count). The van der Waals surface area contributed by atoms with E-state index in [9.17, 15) is 31.1 Å². The number of hydrogen-bond donors (Lipinski definition) is 0. The number of ketones is 1. The third kappa shape index (κ3) is 3.94. The van der Waals surface area contributed by atoms with Gasteiger partial charge in [-0.25, -0.2) is 0 Å². The van der Waals surface area contributed by atoms with Gasteiger partial charge in [0.2, 0.25) is 0 Å². The molecule has 0 fully saturated rings. The SMILES string of the molecule is CC(=O)c1ccc(C2=NO[C@](c3cc(Cl)cc(C(F)(F)F)c3)(C(F)(F)F)C2)c2ccccc12. The predicted octanol–water partition coefficient (Wildman–Crippen LogP) is 7.30. The maximum atomic E-state index is 14.3. The van der Waals surface area contributed by atoms with Gasteiger partial charge in [0.15, 0.2) is 5.78 Å². The van der Waals surface area contributed by atoms with Gasteiger partial charge in [-0.15, -0.1) is 0 Å². The van der Waals surface area contributed by atoms with Gasteiger partial charge in [-0.2, -0.15) is 26.3 Å². The van der Waals surface area contributed by atoms with Gasteiger partial charge in [0, 0.05) is 28.1 Å². The summed E-state index contributed by atoms with van der Waals surface area (Å²) in [6.07, 6.45) is -10.9. The molecule has 0 spiro atoms. The molecule has 0 radical (unpaired) electrons. The number of halogens is 7. The third-order valence-corrected chi connectivity index (χ3v) is 5.71. The fourth-order valence-corrected chi connectivity index (χ4v) is 4.13. The molecule has 172 valence electrons. The van der Waals surface area contributed by atoms with E-state index >= 15 is 0 Å². The normalized spacial score (nSPS) is 18.8. The van der Waals surface area contributed by atoms with E-state index in [0.717, 1.165) is 6.07 Å². The molecule has 0 bridgehead atoms. The van der Waals surface area contributed by atoms with Crippen molar-refractivity contribution in [3.05, 3.63) is 81.9 Å². The molecule has 1 atom stereocenters. The summed E-state index contributed by atoms with van der Waals surface area (Å²) in [4.78, 5) is 16.8. The molecule has 0 N–H and O–H groups in total. The van der Waals surface area contributed by atoms with Gasteiger partial charge in [0.1, 0.15) is 0 Å². The number of Topliss-reactive ketones (excluding diaryl/α,β-unsaturated/α-hetero) is 1. The van der Waals surface area contributed by atoms with Crippen LogP contribution in [0.3, 0.4) is 0 Å². The van der Waals surface area contributed by atoms with Gasteiger partial charge in [-0.3, -0.25) is 4.79 Å². The summed E-state index contributed by atoms with van der Waals surface area (Å²) in [6.45, 7) is 1.36. The van der Waals surface area contributed by atoms with Gasteiger partial charge >= 0.3 is 12.4 Å². The summed E-state index contributed by atoms with van der Waals surface area (Å²) in [5.74, 6) is -0.231. The van der Waals surface area contributed by atoms with Crippen molar-refractivity contribution in [2.45, 2.75) is 31.3 Å². The van der Waals surface area contributed by atoms with Crippen molar-refractivity contribution in [2.24, 2.45) is 5.16 Å². The Bertz CT molecular complexity index is 1300. The smallest absolute Gasteiger partial charge is 0.374 e. The van der Waals surface area contributed by atoms with Crippen molar-refractivity contribution in [3.8, 4) is 0 Å². The third-order valence-electron chi connectivity index (χ3n) is 5.49. The molecule has 1 aliphatic heterocycles. The molecular weight excluding hydrogens is 472 g/mol. The second kappa shape index (κ2) is 7.76. The van der Waals surface area contributed by atoms with Crippen molar-refractivity contribution in [2.75, 3.05) is 0 Å². The van der Waals surface area contributed by atoms with Crippen molar-refractivity contribution in [1.29, 1.82) is 0 Å². The minimum atomic E-state index is -5.11. The van der Waals surface area contributed by atoms with E-state index in [1.165, 1.54) is 19.1 Å². The van der Waals surface area contributed by atoms with E-state index in [0.29, 0.717) is 28.5 Å². The van der Waals surface area contributed by atoms with Crippen LogP contribution >= 0.6 is 11.6 Å². The highest BCUT2D eigenvalue weighted by atomic mass is 35.5. The predicted molar refractivity (Wildman–Crippen MR) is 110 cm³/mol. The van der Waals surface area contributed by atoms with E-state index in [1.54, 1.807) is 24.3 Å². The lowest BCUT2D eigenvalue weighted by Gasteiger charge is -2.30. The number of carbonyl (C=O) groups excluding carboxylic acids is 1. The Labute approximate surface area is 188 Å². The Balaban J connectivity index is 1.85. The summed E-state index contributed by atoms with van der Waals surface area (Å²) >= 11 is 5.73. The molecule has 0 saturated heterocycles. The Morgan fingerprint density at radius 3 is 2.27 bits per heavy atom. The molecule has 0 aromatic heterocycles. The monoisotopic (exact) mass is 485 g/mol. The topological polar surface area (TPSA) is 38.7 Å². The van der Waals surface area contributed by atoms with Crippen LogP contribution in [0.25, 0.3) is 10.8 Å². The van der Waals surface area contributed by atoms with Crippen LogP contribution in [0.4, 0.5) is 26.3 Å². The largest absolute Gasteiger partial charge is 0.435 e. The first-order chi connectivity index (χ1) is 15.3. The Morgan fingerprint density at radius 1 is 1.00 bits per heavy atom. The fraction of sp³-hybridized carbons (Fsp3) is 0.217. The standard InChI is InChI=1S/C23H14ClF6NO2/c1-12(32)16-6-7-19(18-5-3-2-4-17(16)18)20-11-21(33-31-20,23(28,29)30)13-8-14(22(25,26)27)10-15(24)9-13/h2-10H,11H2,1H3/t21-/m1/s1. The van der Waals surface area contributed by atoms with Crippen LogP contribution in [0.1, 0.15) is 40.4 Å². The zero-order valence-corrected chi connectivity index (χ0v) is 17.6. The van der Waals surface area contributed by atoms with Gasteiger partial charge in [0.25, 0.3) is 5.60 Å². The van der Waals surface area contributed by atoms with Crippen molar-refractivity contribution in [3.63, 3.8) is 0 Å². The number of oxime groups is 1. The van der Waals surface area contributed by atoms with Gasteiger partial charge < -0.3 is 4.84 Å². The van der Waals surface area contributed by atoms with Crippen LogP contribution in [0, 0.1) is 0 Å². The zero-order chi connectivity index (χ0) is 24.2. The minimum Gasteiger partial charge on any atom is -0.374 e. The number of rotatable bonds is 3. The number of alkyl halides is 6. The highest BCUT2D eigenvalue weighted by Crippen LogP contribution is 2.50. The fourth-order valence-electron chi connectivity index (χ4n) is 3.89. The van der Waals surface area contributed by atoms with Gasteiger partial charge in [-0.1, -0.05) is 53.2 Å².